The quantitative estimate of drug-likeness (QED) is 0.687. The summed E-state index contributed by atoms with van der Waals surface area (Å²) in [6.45, 7) is 7.71. The van der Waals surface area contributed by atoms with Gasteiger partial charge in [0.15, 0.2) is 0 Å². The fraction of sp³-hybridized carbons (Fsp3) is 0.250. The van der Waals surface area contributed by atoms with Gasteiger partial charge in [-0.1, -0.05) is 30.3 Å². The van der Waals surface area contributed by atoms with Crippen molar-refractivity contribution < 1.29 is 8.42 Å². The van der Waals surface area contributed by atoms with Crippen LogP contribution < -0.4 is 4.72 Å². The van der Waals surface area contributed by atoms with Crippen molar-refractivity contribution in [2.45, 2.75) is 38.6 Å². The van der Waals surface area contributed by atoms with Gasteiger partial charge < -0.3 is 0 Å². The van der Waals surface area contributed by atoms with Crippen molar-refractivity contribution in [1.29, 1.82) is 0 Å². The van der Waals surface area contributed by atoms with Gasteiger partial charge in [0.2, 0.25) is 10.0 Å². The predicted octanol–water partition coefficient (Wildman–Crippen LogP) is 4.77. The number of nitrogens with one attached hydrogen (secondary N) is 1. The summed E-state index contributed by atoms with van der Waals surface area (Å²) in [6.07, 6.45) is 0. The Morgan fingerprint density at radius 3 is 2.27 bits per heavy atom. The number of aromatic nitrogens is 1. The monoisotopic (exact) mass is 386 g/mol. The fourth-order valence-corrected chi connectivity index (χ4v) is 4.63. The summed E-state index contributed by atoms with van der Waals surface area (Å²) in [5.74, 6) is 0. The second kappa shape index (κ2) is 7.31. The minimum absolute atomic E-state index is 0.294. The van der Waals surface area contributed by atoms with E-state index in [1.165, 1.54) is 0 Å². The minimum atomic E-state index is -3.57. The number of thiazole rings is 1. The Morgan fingerprint density at radius 2 is 1.69 bits per heavy atom. The van der Waals surface area contributed by atoms with E-state index in [2.05, 4.69) is 9.71 Å². The third kappa shape index (κ3) is 4.03. The first kappa shape index (κ1) is 18.8. The summed E-state index contributed by atoms with van der Waals surface area (Å²) in [6, 6.07) is 12.7. The summed E-state index contributed by atoms with van der Waals surface area (Å²) in [7, 11) is -3.57. The molecule has 0 saturated carbocycles. The molecule has 6 heteroatoms. The van der Waals surface area contributed by atoms with Gasteiger partial charge in [0.05, 0.1) is 15.6 Å². The van der Waals surface area contributed by atoms with Crippen LogP contribution in [0.3, 0.4) is 0 Å². The highest BCUT2D eigenvalue weighted by molar-refractivity contribution is 7.89. The first-order valence-electron chi connectivity index (χ1n) is 8.38. The molecule has 0 aliphatic rings. The van der Waals surface area contributed by atoms with Crippen molar-refractivity contribution in [3.05, 3.63) is 69.5 Å². The molecule has 0 aliphatic carbocycles. The van der Waals surface area contributed by atoms with E-state index in [0.717, 1.165) is 33.0 Å². The molecular formula is C20H22N2O2S2. The summed E-state index contributed by atoms with van der Waals surface area (Å²) < 4.78 is 28.1. The molecule has 0 unspecified atom stereocenters. The molecule has 1 aromatic heterocycles. The van der Waals surface area contributed by atoms with Crippen LogP contribution in [-0.2, 0) is 10.0 Å². The highest BCUT2D eigenvalue weighted by atomic mass is 32.2. The maximum Gasteiger partial charge on any atom is 0.241 e. The Bertz CT molecular complexity index is 1020. The van der Waals surface area contributed by atoms with Crippen molar-refractivity contribution in [3.8, 4) is 11.3 Å². The van der Waals surface area contributed by atoms with E-state index in [9.17, 15) is 8.42 Å². The molecular weight excluding hydrogens is 364 g/mol. The smallest absolute Gasteiger partial charge is 0.241 e. The lowest BCUT2D eigenvalue weighted by Crippen LogP contribution is -2.27. The van der Waals surface area contributed by atoms with Crippen molar-refractivity contribution in [2.24, 2.45) is 0 Å². The third-order valence-electron chi connectivity index (χ3n) is 4.45. The molecule has 1 heterocycles. The largest absolute Gasteiger partial charge is 0.242 e. The SMILES string of the molecule is Cc1nc(-c2ccc([C@H](C)NS(=O)(=O)c3ccc(C)c(C)c3)cc2)cs1. The lowest BCUT2D eigenvalue weighted by atomic mass is 10.1. The molecule has 1 N–H and O–H groups in total. The number of hydrogen-bond acceptors (Lipinski definition) is 4. The van der Waals surface area contributed by atoms with E-state index < -0.39 is 10.0 Å². The molecule has 26 heavy (non-hydrogen) atoms. The van der Waals surface area contributed by atoms with Crippen molar-refractivity contribution in [1.82, 2.24) is 9.71 Å². The summed E-state index contributed by atoms with van der Waals surface area (Å²) in [4.78, 5) is 4.77. The van der Waals surface area contributed by atoms with Crippen molar-refractivity contribution >= 4 is 21.4 Å². The average Bonchev–Trinajstić information content (AvgIpc) is 3.03. The van der Waals surface area contributed by atoms with E-state index in [4.69, 9.17) is 0 Å². The Labute approximate surface area is 159 Å². The average molecular weight is 387 g/mol. The van der Waals surface area contributed by atoms with Gasteiger partial charge in [0.25, 0.3) is 0 Å². The van der Waals surface area contributed by atoms with Crippen LogP contribution in [0.2, 0.25) is 0 Å². The second-order valence-electron chi connectivity index (χ2n) is 6.46. The Morgan fingerprint density at radius 1 is 1.00 bits per heavy atom. The van der Waals surface area contributed by atoms with E-state index in [1.54, 1.807) is 23.5 Å². The number of hydrogen-bond donors (Lipinski definition) is 1. The van der Waals surface area contributed by atoms with Gasteiger partial charge in [-0.25, -0.2) is 18.1 Å². The number of sulfonamides is 1. The summed E-state index contributed by atoms with van der Waals surface area (Å²) in [5.41, 5.74) is 4.92. The van der Waals surface area contributed by atoms with Crippen molar-refractivity contribution in [2.75, 3.05) is 0 Å². The maximum atomic E-state index is 12.7. The molecule has 0 fully saturated rings. The van der Waals surface area contributed by atoms with Gasteiger partial charge >= 0.3 is 0 Å². The topological polar surface area (TPSA) is 59.1 Å². The molecule has 0 amide bonds. The first-order valence-corrected chi connectivity index (χ1v) is 10.7. The normalized spacial score (nSPS) is 12.9. The molecule has 4 nitrogen and oxygen atoms in total. The number of aryl methyl sites for hydroxylation is 3. The van der Waals surface area contributed by atoms with Crippen LogP contribution in [0.15, 0.2) is 52.7 Å². The van der Waals surface area contributed by atoms with Crippen molar-refractivity contribution in [3.63, 3.8) is 0 Å². The maximum absolute atomic E-state index is 12.7. The first-order chi connectivity index (χ1) is 12.3. The zero-order valence-corrected chi connectivity index (χ0v) is 16.9. The fourth-order valence-electron chi connectivity index (χ4n) is 2.69. The number of benzene rings is 2. The molecule has 3 rings (SSSR count). The zero-order chi connectivity index (χ0) is 18.9. The van der Waals surface area contributed by atoms with Crippen LogP contribution in [0.4, 0.5) is 0 Å². The van der Waals surface area contributed by atoms with Gasteiger partial charge in [0.1, 0.15) is 0 Å². The second-order valence-corrected chi connectivity index (χ2v) is 9.24. The van der Waals surface area contributed by atoms with Gasteiger partial charge in [-0.2, -0.15) is 0 Å². The summed E-state index contributed by atoms with van der Waals surface area (Å²) in [5, 5.41) is 3.05. The molecule has 0 saturated heterocycles. The molecule has 136 valence electrons. The number of rotatable bonds is 5. The molecule has 2 aromatic carbocycles. The van der Waals surface area contributed by atoms with Crippen LogP contribution in [0.1, 0.15) is 34.7 Å². The van der Waals surface area contributed by atoms with Crippen LogP contribution in [-0.4, -0.2) is 13.4 Å². The van der Waals surface area contributed by atoms with E-state index in [1.807, 2.05) is 63.4 Å². The zero-order valence-electron chi connectivity index (χ0n) is 15.3. The van der Waals surface area contributed by atoms with Crippen LogP contribution >= 0.6 is 11.3 Å². The molecule has 0 spiro atoms. The molecule has 0 bridgehead atoms. The van der Waals surface area contributed by atoms with Gasteiger partial charge in [0, 0.05) is 17.0 Å². The van der Waals surface area contributed by atoms with Gasteiger partial charge in [-0.05, 0) is 56.5 Å². The Hall–Kier alpha value is -2.02. The van der Waals surface area contributed by atoms with Gasteiger partial charge in [-0.3, -0.25) is 0 Å². The summed E-state index contributed by atoms with van der Waals surface area (Å²) >= 11 is 1.61. The van der Waals surface area contributed by atoms with E-state index in [0.29, 0.717) is 4.90 Å². The predicted molar refractivity (Wildman–Crippen MR) is 107 cm³/mol. The standard InChI is InChI=1S/C20H22N2O2S2/c1-13-5-10-19(11-14(13)2)26(23,24)22-15(3)17-6-8-18(9-7-17)20-12-25-16(4)21-20/h5-12,15,22H,1-4H3/t15-/m0/s1. The Balaban J connectivity index is 1.78. The van der Waals surface area contributed by atoms with Crippen LogP contribution in [0, 0.1) is 20.8 Å². The number of nitrogens with zero attached hydrogens (tertiary/aromatic N) is 1. The highest BCUT2D eigenvalue weighted by Crippen LogP contribution is 2.24. The third-order valence-corrected chi connectivity index (χ3v) is 6.76. The molecule has 0 radical (unpaired) electrons. The van der Waals surface area contributed by atoms with Crippen LogP contribution in [0.5, 0.6) is 0 Å². The Kier molecular flexibility index (Phi) is 5.27. The lowest BCUT2D eigenvalue weighted by molar-refractivity contribution is 0.567. The minimum Gasteiger partial charge on any atom is -0.242 e. The van der Waals surface area contributed by atoms with Gasteiger partial charge in [-0.15, -0.1) is 11.3 Å². The molecule has 0 aliphatic heterocycles. The van der Waals surface area contributed by atoms with E-state index in [-0.39, 0.29) is 6.04 Å². The highest BCUT2D eigenvalue weighted by Gasteiger charge is 2.19. The van der Waals surface area contributed by atoms with E-state index >= 15 is 0 Å². The lowest BCUT2D eigenvalue weighted by Gasteiger charge is -2.16. The molecule has 3 aromatic rings. The van der Waals surface area contributed by atoms with Crippen LogP contribution in [0.25, 0.3) is 11.3 Å². The molecule has 1 atom stereocenters.